The average molecular weight is 300 g/mol. The lowest BCUT2D eigenvalue weighted by molar-refractivity contribution is 0.0974. The van der Waals surface area contributed by atoms with Crippen molar-refractivity contribution in [2.24, 2.45) is 0 Å². The number of hydrogen-bond acceptors (Lipinski definition) is 1. The summed E-state index contributed by atoms with van der Waals surface area (Å²) in [5.41, 5.74) is 4.91. The van der Waals surface area contributed by atoms with Crippen molar-refractivity contribution in [2.45, 2.75) is 32.1 Å². The number of benzene rings is 3. The molecule has 1 aliphatic carbocycles. The number of carbonyl (C=O) groups excluding carboxylic acids is 1. The highest BCUT2D eigenvalue weighted by Gasteiger charge is 2.19. The minimum absolute atomic E-state index is 0.314. The smallest absolute Gasteiger partial charge is 0.163 e. The van der Waals surface area contributed by atoms with E-state index in [0.717, 1.165) is 36.6 Å². The number of Topliss-reactive ketones (excluding diaryl/α,β-unsaturated/α-hetero) is 1. The number of fused-ring (bicyclic) bond motifs is 3. The third kappa shape index (κ3) is 2.79. The van der Waals surface area contributed by atoms with E-state index in [4.69, 9.17) is 0 Å². The van der Waals surface area contributed by atoms with Gasteiger partial charge in [-0.25, -0.2) is 0 Å². The molecule has 0 fully saturated rings. The predicted molar refractivity (Wildman–Crippen MR) is 95.1 cm³/mol. The molecular formula is C22H20O. The van der Waals surface area contributed by atoms with Gasteiger partial charge in [-0.2, -0.15) is 0 Å². The summed E-state index contributed by atoms with van der Waals surface area (Å²) in [6.45, 7) is 0. The van der Waals surface area contributed by atoms with Gasteiger partial charge in [0, 0.05) is 12.0 Å². The summed E-state index contributed by atoms with van der Waals surface area (Å²) in [4.78, 5) is 12.3. The van der Waals surface area contributed by atoms with Gasteiger partial charge < -0.3 is 0 Å². The van der Waals surface area contributed by atoms with E-state index in [1.807, 2.05) is 0 Å². The summed E-state index contributed by atoms with van der Waals surface area (Å²) in [6, 6.07) is 21.5. The Morgan fingerprint density at radius 2 is 1.61 bits per heavy atom. The van der Waals surface area contributed by atoms with Crippen LogP contribution in [0.1, 0.15) is 39.9 Å². The normalized spacial score (nSPS) is 14.0. The Labute approximate surface area is 137 Å². The van der Waals surface area contributed by atoms with Gasteiger partial charge in [0.1, 0.15) is 0 Å². The molecule has 4 rings (SSSR count). The third-order valence-corrected chi connectivity index (χ3v) is 4.84. The van der Waals surface area contributed by atoms with Crippen LogP contribution in [0.4, 0.5) is 0 Å². The quantitative estimate of drug-likeness (QED) is 0.654. The second-order valence-corrected chi connectivity index (χ2v) is 6.42. The number of ketones is 1. The first-order valence-corrected chi connectivity index (χ1v) is 8.43. The van der Waals surface area contributed by atoms with E-state index < -0.39 is 0 Å². The molecule has 3 aromatic carbocycles. The van der Waals surface area contributed by atoms with Gasteiger partial charge in [0.15, 0.2) is 5.78 Å². The third-order valence-electron chi connectivity index (χ3n) is 4.84. The first kappa shape index (κ1) is 14.2. The van der Waals surface area contributed by atoms with Gasteiger partial charge in [-0.15, -0.1) is 0 Å². The number of aryl methyl sites for hydroxylation is 3. The van der Waals surface area contributed by atoms with Crippen molar-refractivity contribution in [1.82, 2.24) is 0 Å². The van der Waals surface area contributed by atoms with Crippen molar-refractivity contribution in [3.05, 3.63) is 82.9 Å². The molecule has 0 spiro atoms. The summed E-state index contributed by atoms with van der Waals surface area (Å²) in [5, 5.41) is 2.33. The number of hydrogen-bond donors (Lipinski definition) is 0. The van der Waals surface area contributed by atoms with Crippen molar-refractivity contribution in [1.29, 1.82) is 0 Å². The van der Waals surface area contributed by atoms with E-state index in [0.29, 0.717) is 12.2 Å². The second kappa shape index (κ2) is 6.00. The van der Waals surface area contributed by atoms with E-state index in [1.54, 1.807) is 0 Å². The SMILES string of the molecule is O=C1CCCc2ccc3cc(CCc4ccccc4)ccc3c21. The summed E-state index contributed by atoms with van der Waals surface area (Å²) in [6.07, 6.45) is 4.81. The van der Waals surface area contributed by atoms with Crippen molar-refractivity contribution >= 4 is 16.6 Å². The molecule has 0 N–H and O–H groups in total. The molecule has 0 saturated heterocycles. The van der Waals surface area contributed by atoms with Crippen LogP contribution in [-0.2, 0) is 19.3 Å². The van der Waals surface area contributed by atoms with Crippen molar-refractivity contribution in [3.63, 3.8) is 0 Å². The maximum absolute atomic E-state index is 12.3. The molecule has 3 aromatic rings. The molecule has 0 aromatic heterocycles. The van der Waals surface area contributed by atoms with Crippen LogP contribution in [-0.4, -0.2) is 5.78 Å². The van der Waals surface area contributed by atoms with Crippen LogP contribution in [0.3, 0.4) is 0 Å². The molecule has 1 aliphatic rings. The van der Waals surface area contributed by atoms with Gasteiger partial charge >= 0.3 is 0 Å². The van der Waals surface area contributed by atoms with Gasteiger partial charge in [-0.3, -0.25) is 4.79 Å². The Bertz CT molecular complexity index is 862. The summed E-state index contributed by atoms with van der Waals surface area (Å²) < 4.78 is 0. The zero-order valence-corrected chi connectivity index (χ0v) is 13.2. The van der Waals surface area contributed by atoms with E-state index in [-0.39, 0.29) is 0 Å². The Morgan fingerprint density at radius 1 is 0.783 bits per heavy atom. The Hall–Kier alpha value is -2.41. The molecule has 0 atom stereocenters. The number of carbonyl (C=O) groups is 1. The van der Waals surface area contributed by atoms with E-state index in [9.17, 15) is 4.79 Å². The lowest BCUT2D eigenvalue weighted by Crippen LogP contribution is -2.11. The zero-order chi connectivity index (χ0) is 15.6. The van der Waals surface area contributed by atoms with Crippen LogP contribution < -0.4 is 0 Å². The summed E-state index contributed by atoms with van der Waals surface area (Å²) in [5.74, 6) is 0.314. The van der Waals surface area contributed by atoms with Gasteiger partial charge in [0.25, 0.3) is 0 Å². The summed E-state index contributed by atoms with van der Waals surface area (Å²) >= 11 is 0. The molecule has 0 heterocycles. The Balaban J connectivity index is 1.65. The maximum Gasteiger partial charge on any atom is 0.163 e. The molecule has 23 heavy (non-hydrogen) atoms. The zero-order valence-electron chi connectivity index (χ0n) is 13.2. The fourth-order valence-corrected chi connectivity index (χ4v) is 3.62. The van der Waals surface area contributed by atoms with E-state index in [2.05, 4.69) is 60.7 Å². The molecule has 0 radical (unpaired) electrons. The Kier molecular flexibility index (Phi) is 3.70. The van der Waals surface area contributed by atoms with Gasteiger partial charge in [0.2, 0.25) is 0 Å². The minimum atomic E-state index is 0.314. The number of rotatable bonds is 3. The standard InChI is InChI=1S/C22H20O/c23-21-8-4-7-18-12-13-19-15-17(11-14-20(19)22(18)21)10-9-16-5-2-1-3-6-16/h1-3,5-6,11-15H,4,7-10H2. The van der Waals surface area contributed by atoms with Crippen molar-refractivity contribution in [3.8, 4) is 0 Å². The van der Waals surface area contributed by atoms with Gasteiger partial charge in [-0.1, -0.05) is 60.7 Å². The van der Waals surface area contributed by atoms with Crippen LogP contribution in [0, 0.1) is 0 Å². The molecule has 0 aliphatic heterocycles. The Morgan fingerprint density at radius 3 is 2.48 bits per heavy atom. The van der Waals surface area contributed by atoms with Crippen molar-refractivity contribution < 1.29 is 4.79 Å². The predicted octanol–water partition coefficient (Wildman–Crippen LogP) is 5.14. The minimum Gasteiger partial charge on any atom is -0.294 e. The lowest BCUT2D eigenvalue weighted by Gasteiger charge is -2.17. The fourth-order valence-electron chi connectivity index (χ4n) is 3.62. The summed E-state index contributed by atoms with van der Waals surface area (Å²) in [7, 11) is 0. The van der Waals surface area contributed by atoms with E-state index in [1.165, 1.54) is 22.1 Å². The van der Waals surface area contributed by atoms with Crippen LogP contribution in [0.25, 0.3) is 10.8 Å². The van der Waals surface area contributed by atoms with Crippen LogP contribution in [0.15, 0.2) is 60.7 Å². The van der Waals surface area contributed by atoms with Crippen LogP contribution in [0.5, 0.6) is 0 Å². The maximum atomic E-state index is 12.3. The molecular weight excluding hydrogens is 280 g/mol. The highest BCUT2D eigenvalue weighted by molar-refractivity contribution is 6.10. The van der Waals surface area contributed by atoms with Crippen molar-refractivity contribution in [2.75, 3.05) is 0 Å². The highest BCUT2D eigenvalue weighted by Crippen LogP contribution is 2.29. The first-order valence-electron chi connectivity index (χ1n) is 8.43. The highest BCUT2D eigenvalue weighted by atomic mass is 16.1. The molecule has 1 nitrogen and oxygen atoms in total. The molecule has 0 unspecified atom stereocenters. The fraction of sp³-hybridized carbons (Fsp3) is 0.227. The second-order valence-electron chi connectivity index (χ2n) is 6.42. The average Bonchev–Trinajstić information content (AvgIpc) is 2.60. The molecule has 114 valence electrons. The van der Waals surface area contributed by atoms with Gasteiger partial charge in [0.05, 0.1) is 0 Å². The largest absolute Gasteiger partial charge is 0.294 e. The molecule has 0 amide bonds. The lowest BCUT2D eigenvalue weighted by atomic mass is 9.86. The van der Waals surface area contributed by atoms with Gasteiger partial charge in [-0.05, 0) is 53.1 Å². The molecule has 0 bridgehead atoms. The first-order chi connectivity index (χ1) is 11.3. The monoisotopic (exact) mass is 300 g/mol. The topological polar surface area (TPSA) is 17.1 Å². The van der Waals surface area contributed by atoms with Crippen LogP contribution >= 0.6 is 0 Å². The molecule has 0 saturated carbocycles. The van der Waals surface area contributed by atoms with Crippen LogP contribution in [0.2, 0.25) is 0 Å². The van der Waals surface area contributed by atoms with E-state index >= 15 is 0 Å². The molecule has 1 heteroatoms.